The summed E-state index contributed by atoms with van der Waals surface area (Å²) in [6.45, 7) is 13.1. The fourth-order valence-corrected chi connectivity index (χ4v) is 5.83. The molecule has 0 bridgehead atoms. The molecule has 35 heavy (non-hydrogen) atoms. The van der Waals surface area contributed by atoms with E-state index < -0.39 is 21.8 Å². The van der Waals surface area contributed by atoms with Crippen LogP contribution in [0, 0.1) is 20.8 Å². The fraction of sp³-hybridized carbons (Fsp3) is 0.500. The predicted octanol–water partition coefficient (Wildman–Crippen LogP) is 6.26. The number of benzene rings is 2. The molecule has 0 spiro atoms. The van der Waals surface area contributed by atoms with Gasteiger partial charge in [0, 0.05) is 11.6 Å². The average molecular weight is 511 g/mol. The van der Waals surface area contributed by atoms with Crippen LogP contribution in [0.15, 0.2) is 34.2 Å². The molecule has 0 fully saturated rings. The molecule has 2 aromatic carbocycles. The van der Waals surface area contributed by atoms with Crippen molar-refractivity contribution in [1.82, 2.24) is 4.72 Å². The van der Waals surface area contributed by atoms with Crippen LogP contribution in [0.2, 0.25) is 0 Å². The molecule has 1 aliphatic heterocycles. The molecule has 1 atom stereocenters. The van der Waals surface area contributed by atoms with Gasteiger partial charge in [-0.15, -0.1) is 0 Å². The molecule has 192 valence electrons. The first-order valence-corrected chi connectivity index (χ1v) is 13.2. The molecule has 0 saturated heterocycles. The maximum atomic E-state index is 13.7. The molecule has 1 heterocycles. The van der Waals surface area contributed by atoms with E-state index in [4.69, 9.17) is 4.74 Å². The SMILES string of the molecule is CCC(C)N=C(NS(=O)(=O)c1c(C)c(C)c2c(c1C)CCC(C)(C)O2)c1ccc(C(F)(F)F)cc1. The molecule has 1 aliphatic rings. The summed E-state index contributed by atoms with van der Waals surface area (Å²) in [6.07, 6.45) is -2.42. The van der Waals surface area contributed by atoms with Crippen molar-refractivity contribution in [2.75, 3.05) is 0 Å². The third-order valence-electron chi connectivity index (χ3n) is 6.59. The first kappa shape index (κ1) is 27.0. The maximum Gasteiger partial charge on any atom is 0.416 e. The highest BCUT2D eigenvalue weighted by Gasteiger charge is 2.34. The summed E-state index contributed by atoms with van der Waals surface area (Å²) in [5.74, 6) is 0.742. The number of aliphatic imine (C=N–C) groups is 1. The van der Waals surface area contributed by atoms with Gasteiger partial charge in [-0.3, -0.25) is 9.71 Å². The molecule has 1 unspecified atom stereocenters. The van der Waals surface area contributed by atoms with Crippen molar-refractivity contribution in [1.29, 1.82) is 0 Å². The molecule has 0 amide bonds. The van der Waals surface area contributed by atoms with Crippen molar-refractivity contribution in [2.24, 2.45) is 4.99 Å². The highest BCUT2D eigenvalue weighted by molar-refractivity contribution is 7.90. The lowest BCUT2D eigenvalue weighted by molar-refractivity contribution is -0.137. The topological polar surface area (TPSA) is 67.8 Å². The van der Waals surface area contributed by atoms with E-state index in [0.717, 1.165) is 35.4 Å². The Morgan fingerprint density at radius 3 is 2.26 bits per heavy atom. The van der Waals surface area contributed by atoms with Crippen molar-refractivity contribution >= 4 is 15.9 Å². The van der Waals surface area contributed by atoms with Crippen LogP contribution >= 0.6 is 0 Å². The summed E-state index contributed by atoms with van der Waals surface area (Å²) in [4.78, 5) is 4.63. The van der Waals surface area contributed by atoms with Crippen molar-refractivity contribution < 1.29 is 26.3 Å². The van der Waals surface area contributed by atoms with E-state index in [-0.39, 0.29) is 27.9 Å². The molecule has 3 rings (SSSR count). The molecular formula is C26H33F3N2O3S. The maximum absolute atomic E-state index is 13.7. The smallest absolute Gasteiger partial charge is 0.416 e. The molecule has 0 saturated carbocycles. The second-order valence-corrected chi connectivity index (χ2v) is 11.4. The van der Waals surface area contributed by atoms with Crippen molar-refractivity contribution in [2.45, 2.75) is 90.4 Å². The Labute approximate surface area is 205 Å². The molecule has 0 aliphatic carbocycles. The Hall–Kier alpha value is -2.55. The Morgan fingerprint density at radius 2 is 1.71 bits per heavy atom. The second-order valence-electron chi connectivity index (χ2n) is 9.79. The number of hydrogen-bond donors (Lipinski definition) is 1. The Bertz CT molecular complexity index is 1250. The minimum Gasteiger partial charge on any atom is -0.487 e. The van der Waals surface area contributed by atoms with E-state index in [9.17, 15) is 21.6 Å². The first-order valence-electron chi connectivity index (χ1n) is 11.7. The Morgan fingerprint density at radius 1 is 1.11 bits per heavy atom. The Balaban J connectivity index is 2.09. The van der Waals surface area contributed by atoms with Gasteiger partial charge in [-0.1, -0.05) is 19.1 Å². The summed E-state index contributed by atoms with van der Waals surface area (Å²) < 4.78 is 75.3. The predicted molar refractivity (Wildman–Crippen MR) is 132 cm³/mol. The van der Waals surface area contributed by atoms with Crippen LogP contribution in [0.1, 0.15) is 73.9 Å². The zero-order chi connectivity index (χ0) is 26.3. The van der Waals surface area contributed by atoms with Gasteiger partial charge in [0.05, 0.1) is 10.5 Å². The number of rotatable bonds is 5. The summed E-state index contributed by atoms with van der Waals surface area (Å²) in [5, 5.41) is 0. The number of nitrogens with zero attached hydrogens (tertiary/aromatic N) is 1. The third kappa shape index (κ3) is 5.66. The van der Waals surface area contributed by atoms with E-state index >= 15 is 0 Å². The van der Waals surface area contributed by atoms with Gasteiger partial charge in [-0.25, -0.2) is 8.42 Å². The van der Waals surface area contributed by atoms with Gasteiger partial charge >= 0.3 is 6.18 Å². The quantitative estimate of drug-likeness (QED) is 0.381. The van der Waals surface area contributed by atoms with E-state index in [1.165, 1.54) is 12.1 Å². The van der Waals surface area contributed by atoms with Gasteiger partial charge in [0.2, 0.25) is 0 Å². The molecule has 0 radical (unpaired) electrons. The minimum absolute atomic E-state index is 0.0135. The lowest BCUT2D eigenvalue weighted by atomic mass is 9.88. The van der Waals surface area contributed by atoms with Crippen LogP contribution in [-0.4, -0.2) is 25.9 Å². The monoisotopic (exact) mass is 510 g/mol. The first-order chi connectivity index (χ1) is 16.1. The number of alkyl halides is 3. The number of ether oxygens (including phenoxy) is 1. The number of hydrogen-bond acceptors (Lipinski definition) is 4. The molecular weight excluding hydrogens is 477 g/mol. The molecule has 5 nitrogen and oxygen atoms in total. The largest absolute Gasteiger partial charge is 0.487 e. The molecule has 1 N–H and O–H groups in total. The minimum atomic E-state index is -4.49. The van der Waals surface area contributed by atoms with Crippen molar-refractivity contribution in [3.63, 3.8) is 0 Å². The highest BCUT2D eigenvalue weighted by atomic mass is 32.2. The van der Waals surface area contributed by atoms with Crippen LogP contribution in [-0.2, 0) is 22.6 Å². The average Bonchev–Trinajstić information content (AvgIpc) is 2.75. The zero-order valence-electron chi connectivity index (χ0n) is 21.2. The van der Waals surface area contributed by atoms with E-state index in [1.807, 2.05) is 34.6 Å². The van der Waals surface area contributed by atoms with Crippen molar-refractivity contribution in [3.8, 4) is 5.75 Å². The lowest BCUT2D eigenvalue weighted by Gasteiger charge is -2.35. The van der Waals surface area contributed by atoms with Crippen LogP contribution < -0.4 is 9.46 Å². The van der Waals surface area contributed by atoms with Gasteiger partial charge in [0.1, 0.15) is 17.2 Å². The van der Waals surface area contributed by atoms with E-state index in [2.05, 4.69) is 9.71 Å². The van der Waals surface area contributed by atoms with Crippen molar-refractivity contribution in [3.05, 3.63) is 57.6 Å². The van der Waals surface area contributed by atoms with Gasteiger partial charge in [0.25, 0.3) is 10.0 Å². The summed E-state index contributed by atoms with van der Waals surface area (Å²) >= 11 is 0. The van der Waals surface area contributed by atoms with Gasteiger partial charge in [-0.2, -0.15) is 13.2 Å². The number of nitrogens with one attached hydrogen (secondary N) is 1. The number of sulfonamides is 1. The molecule has 9 heteroatoms. The number of halogens is 3. The fourth-order valence-electron chi connectivity index (χ4n) is 4.22. The van der Waals surface area contributed by atoms with E-state index in [1.54, 1.807) is 13.8 Å². The number of amidine groups is 1. The lowest BCUT2D eigenvalue weighted by Crippen LogP contribution is -2.36. The normalized spacial score (nSPS) is 16.9. The molecule has 0 aromatic heterocycles. The van der Waals surface area contributed by atoms with Crippen LogP contribution in [0.25, 0.3) is 0 Å². The van der Waals surface area contributed by atoms with Crippen LogP contribution in [0.4, 0.5) is 13.2 Å². The van der Waals surface area contributed by atoms with E-state index in [0.29, 0.717) is 24.0 Å². The highest BCUT2D eigenvalue weighted by Crippen LogP contribution is 2.42. The second kappa shape index (κ2) is 9.48. The summed E-state index contributed by atoms with van der Waals surface area (Å²) in [6, 6.07) is 4.08. The molecule has 2 aromatic rings. The van der Waals surface area contributed by atoms with Crippen LogP contribution in [0.5, 0.6) is 5.75 Å². The Kier molecular flexibility index (Phi) is 7.33. The standard InChI is InChI=1S/C26H33F3N2O3S/c1-8-15(2)30-24(19-9-11-20(12-10-19)26(27,28)29)31-35(32,33)23-17(4)16(3)22-21(18(23)5)13-14-25(6,7)34-22/h9-12,15H,8,13-14H2,1-7H3,(H,30,31). The summed E-state index contributed by atoms with van der Waals surface area (Å²) in [5.41, 5.74) is 1.91. The zero-order valence-corrected chi connectivity index (χ0v) is 22.0. The van der Waals surface area contributed by atoms with Crippen LogP contribution in [0.3, 0.4) is 0 Å². The van der Waals surface area contributed by atoms with Gasteiger partial charge in [-0.05, 0) is 95.2 Å². The van der Waals surface area contributed by atoms with Gasteiger partial charge in [0.15, 0.2) is 0 Å². The summed E-state index contributed by atoms with van der Waals surface area (Å²) in [7, 11) is -4.10. The third-order valence-corrected chi connectivity index (χ3v) is 8.20. The number of fused-ring (bicyclic) bond motifs is 1. The van der Waals surface area contributed by atoms with Gasteiger partial charge < -0.3 is 4.74 Å².